The quantitative estimate of drug-likeness (QED) is 0.370. The summed E-state index contributed by atoms with van der Waals surface area (Å²) in [4.78, 5) is 23.5. The van der Waals surface area contributed by atoms with Gasteiger partial charge in [-0.2, -0.15) is 0 Å². The topological polar surface area (TPSA) is 75.6 Å². The first kappa shape index (κ1) is 22.9. The summed E-state index contributed by atoms with van der Waals surface area (Å²) in [5.74, 6) is -2.20. The van der Waals surface area contributed by atoms with E-state index in [1.54, 1.807) is 42.5 Å². The van der Waals surface area contributed by atoms with E-state index >= 15 is 0 Å². The molecule has 10 heteroatoms. The lowest BCUT2D eigenvalue weighted by molar-refractivity contribution is -0.163. The van der Waals surface area contributed by atoms with E-state index in [0.29, 0.717) is 27.0 Å². The molecule has 28 heavy (non-hydrogen) atoms. The van der Waals surface area contributed by atoms with Gasteiger partial charge in [0.15, 0.2) is 3.79 Å². The molecule has 0 saturated heterocycles. The van der Waals surface area contributed by atoms with Gasteiger partial charge in [-0.05, 0) is 23.8 Å². The lowest BCUT2D eigenvalue weighted by atomic mass is 10.1. The molecular formula is C18H14Cl5NO4. The number of carbonyl (C=O) groups is 2. The molecule has 0 aliphatic heterocycles. The van der Waals surface area contributed by atoms with Gasteiger partial charge >= 0.3 is 11.9 Å². The summed E-state index contributed by atoms with van der Waals surface area (Å²) >= 11 is 29.1. The summed E-state index contributed by atoms with van der Waals surface area (Å²) in [7, 11) is 0. The Balaban J connectivity index is 2.16. The molecule has 1 unspecified atom stereocenters. The molecule has 0 aliphatic rings. The van der Waals surface area contributed by atoms with E-state index in [4.69, 9.17) is 67.8 Å². The van der Waals surface area contributed by atoms with Crippen molar-refractivity contribution in [1.82, 2.24) is 0 Å². The van der Waals surface area contributed by atoms with Gasteiger partial charge < -0.3 is 15.2 Å². The molecule has 2 rings (SSSR count). The SMILES string of the molecule is O=C(Cc1ccccc1Nc1c(Cl)cccc1Cl)OC(CC(Cl)(Cl)Cl)C(=O)O. The zero-order valence-electron chi connectivity index (χ0n) is 14.1. The zero-order chi connectivity index (χ0) is 20.9. The number of carboxylic acid groups (broad SMARTS) is 1. The van der Waals surface area contributed by atoms with Crippen LogP contribution in [0, 0.1) is 0 Å². The Bertz CT molecular complexity index is 849. The van der Waals surface area contributed by atoms with Crippen molar-refractivity contribution < 1.29 is 19.4 Å². The number of rotatable bonds is 7. The molecular weight excluding hydrogens is 471 g/mol. The number of hydrogen-bond donors (Lipinski definition) is 2. The normalized spacial score (nSPS) is 12.3. The second-order valence-corrected chi connectivity index (χ2v) is 9.02. The maximum atomic E-state index is 12.3. The average molecular weight is 486 g/mol. The van der Waals surface area contributed by atoms with Crippen LogP contribution in [0.25, 0.3) is 0 Å². The van der Waals surface area contributed by atoms with Crippen LogP contribution in [0.1, 0.15) is 12.0 Å². The molecule has 0 aliphatic carbocycles. The van der Waals surface area contributed by atoms with Crippen molar-refractivity contribution in [2.24, 2.45) is 0 Å². The highest BCUT2D eigenvalue weighted by Crippen LogP contribution is 2.34. The van der Waals surface area contributed by atoms with Gasteiger partial charge in [0, 0.05) is 12.1 Å². The lowest BCUT2D eigenvalue weighted by Crippen LogP contribution is -2.31. The molecule has 0 amide bonds. The van der Waals surface area contributed by atoms with Crippen LogP contribution in [0.15, 0.2) is 42.5 Å². The second-order valence-electron chi connectivity index (χ2n) is 5.69. The Kier molecular flexibility index (Phi) is 8.10. The number of esters is 1. The van der Waals surface area contributed by atoms with Gasteiger partial charge in [-0.3, -0.25) is 4.79 Å². The first-order chi connectivity index (χ1) is 13.1. The number of alkyl halides is 3. The van der Waals surface area contributed by atoms with Crippen LogP contribution >= 0.6 is 58.0 Å². The number of carbonyl (C=O) groups excluding carboxylic acids is 1. The van der Waals surface area contributed by atoms with E-state index in [9.17, 15) is 9.59 Å². The molecule has 2 aromatic carbocycles. The molecule has 5 nitrogen and oxygen atoms in total. The maximum Gasteiger partial charge on any atom is 0.345 e. The van der Waals surface area contributed by atoms with Gasteiger partial charge in [0.1, 0.15) is 0 Å². The van der Waals surface area contributed by atoms with E-state index in [-0.39, 0.29) is 6.42 Å². The number of para-hydroxylation sites is 2. The van der Waals surface area contributed by atoms with E-state index < -0.39 is 28.3 Å². The Morgan fingerprint density at radius 2 is 1.64 bits per heavy atom. The minimum absolute atomic E-state index is 0.213. The Morgan fingerprint density at radius 3 is 2.21 bits per heavy atom. The third kappa shape index (κ3) is 6.90. The Hall–Kier alpha value is -1.37. The molecule has 2 aromatic rings. The van der Waals surface area contributed by atoms with Crippen LogP contribution in [-0.4, -0.2) is 26.9 Å². The van der Waals surface area contributed by atoms with Crippen LogP contribution in [0.2, 0.25) is 10.0 Å². The van der Waals surface area contributed by atoms with Gasteiger partial charge in [-0.25, -0.2) is 4.79 Å². The van der Waals surface area contributed by atoms with E-state index in [1.165, 1.54) is 0 Å². The van der Waals surface area contributed by atoms with Crippen LogP contribution in [-0.2, 0) is 20.7 Å². The highest BCUT2D eigenvalue weighted by molar-refractivity contribution is 6.67. The minimum Gasteiger partial charge on any atom is -0.479 e. The van der Waals surface area contributed by atoms with Crippen LogP contribution in [0.4, 0.5) is 11.4 Å². The number of hydrogen-bond acceptors (Lipinski definition) is 4. The van der Waals surface area contributed by atoms with E-state index in [2.05, 4.69) is 5.32 Å². The summed E-state index contributed by atoms with van der Waals surface area (Å²) in [5, 5.41) is 13.0. The molecule has 0 radical (unpaired) electrons. The van der Waals surface area contributed by atoms with Crippen molar-refractivity contribution in [2.75, 3.05) is 5.32 Å². The molecule has 0 saturated carbocycles. The van der Waals surface area contributed by atoms with Crippen LogP contribution in [0.3, 0.4) is 0 Å². The largest absolute Gasteiger partial charge is 0.479 e. The highest BCUT2D eigenvalue weighted by Gasteiger charge is 2.33. The fourth-order valence-corrected chi connectivity index (χ4v) is 3.21. The van der Waals surface area contributed by atoms with Gasteiger partial charge in [-0.15, -0.1) is 0 Å². The summed E-state index contributed by atoms with van der Waals surface area (Å²) < 4.78 is 3.10. The van der Waals surface area contributed by atoms with Crippen molar-refractivity contribution in [3.63, 3.8) is 0 Å². The first-order valence-corrected chi connectivity index (χ1v) is 9.74. The standard InChI is InChI=1S/C18H14Cl5NO4/c19-11-5-3-6-12(20)16(11)24-13-7-2-1-4-10(13)8-15(25)28-14(17(26)27)9-18(21,22)23/h1-7,14,24H,8-9H2,(H,26,27). The lowest BCUT2D eigenvalue weighted by Gasteiger charge is -2.19. The van der Waals surface area contributed by atoms with Crippen molar-refractivity contribution >= 4 is 81.3 Å². The number of benzene rings is 2. The smallest absolute Gasteiger partial charge is 0.345 e. The molecule has 0 bridgehead atoms. The number of carboxylic acids is 1. The fourth-order valence-electron chi connectivity index (χ4n) is 2.29. The zero-order valence-corrected chi connectivity index (χ0v) is 17.9. The molecule has 0 heterocycles. The Morgan fingerprint density at radius 1 is 1.04 bits per heavy atom. The molecule has 0 spiro atoms. The number of aliphatic carboxylic acids is 1. The first-order valence-electron chi connectivity index (χ1n) is 7.85. The summed E-state index contributed by atoms with van der Waals surface area (Å²) in [6, 6.07) is 11.9. The molecule has 150 valence electrons. The number of nitrogens with one attached hydrogen (secondary N) is 1. The van der Waals surface area contributed by atoms with E-state index in [0.717, 1.165) is 0 Å². The third-order valence-electron chi connectivity index (χ3n) is 3.54. The van der Waals surface area contributed by atoms with Crippen molar-refractivity contribution in [1.29, 1.82) is 0 Å². The number of anilines is 2. The predicted octanol–water partition coefficient (Wildman–Crippen LogP) is 6.04. The number of halogens is 5. The monoisotopic (exact) mass is 483 g/mol. The maximum absolute atomic E-state index is 12.3. The van der Waals surface area contributed by atoms with Crippen molar-refractivity contribution in [3.05, 3.63) is 58.1 Å². The van der Waals surface area contributed by atoms with Gasteiger partial charge in [-0.1, -0.05) is 82.3 Å². The number of ether oxygens (including phenoxy) is 1. The second kappa shape index (κ2) is 9.90. The van der Waals surface area contributed by atoms with Gasteiger partial charge in [0.25, 0.3) is 0 Å². The van der Waals surface area contributed by atoms with Crippen molar-refractivity contribution in [2.45, 2.75) is 22.7 Å². The summed E-state index contributed by atoms with van der Waals surface area (Å²) in [6.07, 6.45) is -2.28. The van der Waals surface area contributed by atoms with Gasteiger partial charge in [0.2, 0.25) is 6.10 Å². The Labute approximate surface area is 186 Å². The summed E-state index contributed by atoms with van der Waals surface area (Å²) in [5.41, 5.74) is 1.58. The third-order valence-corrected chi connectivity index (χ3v) is 4.63. The van der Waals surface area contributed by atoms with Crippen LogP contribution in [0.5, 0.6) is 0 Å². The minimum atomic E-state index is -1.87. The van der Waals surface area contributed by atoms with Crippen LogP contribution < -0.4 is 5.32 Å². The molecule has 1 atom stereocenters. The molecule has 0 fully saturated rings. The van der Waals surface area contributed by atoms with Crippen molar-refractivity contribution in [3.8, 4) is 0 Å². The average Bonchev–Trinajstić information content (AvgIpc) is 2.58. The summed E-state index contributed by atoms with van der Waals surface area (Å²) in [6.45, 7) is 0. The molecule has 2 N–H and O–H groups in total. The highest BCUT2D eigenvalue weighted by atomic mass is 35.6. The molecule has 0 aromatic heterocycles. The van der Waals surface area contributed by atoms with Gasteiger partial charge in [0.05, 0.1) is 22.2 Å². The predicted molar refractivity (Wildman–Crippen MR) is 112 cm³/mol. The fraction of sp³-hybridized carbons (Fsp3) is 0.222. The van der Waals surface area contributed by atoms with E-state index in [1.807, 2.05) is 0 Å².